The Balaban J connectivity index is 1.59. The van der Waals surface area contributed by atoms with Crippen LogP contribution in [0, 0.1) is 0 Å². The molecule has 1 N–H and O–H groups in total. The lowest BCUT2D eigenvalue weighted by molar-refractivity contribution is -0.135. The summed E-state index contributed by atoms with van der Waals surface area (Å²) in [6, 6.07) is 2.10. The first kappa shape index (κ1) is 12.5. The Hall–Kier alpha value is -0.910. The molecule has 17 heavy (non-hydrogen) atoms. The number of carbonyl (C=O) groups excluding carboxylic acids is 1. The van der Waals surface area contributed by atoms with Crippen molar-refractivity contribution in [1.82, 2.24) is 10.2 Å². The van der Waals surface area contributed by atoms with E-state index in [2.05, 4.69) is 22.1 Å². The van der Waals surface area contributed by atoms with Gasteiger partial charge < -0.3 is 15.0 Å². The third-order valence-corrected chi connectivity index (χ3v) is 3.52. The van der Waals surface area contributed by atoms with Crippen molar-refractivity contribution in [2.75, 3.05) is 32.8 Å². The van der Waals surface area contributed by atoms with Gasteiger partial charge in [0.15, 0.2) is 0 Å². The SMILES string of the molecule is O=C(CCNCc1ccsc1)N1CCOCC1. The van der Waals surface area contributed by atoms with Crippen LogP contribution in [-0.2, 0) is 16.1 Å². The second-order valence-electron chi connectivity index (χ2n) is 4.05. The molecule has 2 rings (SSSR count). The van der Waals surface area contributed by atoms with Crippen molar-refractivity contribution in [2.24, 2.45) is 0 Å². The number of thiophene rings is 1. The van der Waals surface area contributed by atoms with E-state index in [1.165, 1.54) is 5.56 Å². The average Bonchev–Trinajstić information content (AvgIpc) is 2.88. The van der Waals surface area contributed by atoms with Gasteiger partial charge in [0.05, 0.1) is 13.2 Å². The van der Waals surface area contributed by atoms with Gasteiger partial charge in [0.1, 0.15) is 0 Å². The zero-order valence-corrected chi connectivity index (χ0v) is 10.7. The minimum atomic E-state index is 0.228. The first-order valence-electron chi connectivity index (χ1n) is 5.93. The summed E-state index contributed by atoms with van der Waals surface area (Å²) in [4.78, 5) is 13.7. The summed E-state index contributed by atoms with van der Waals surface area (Å²) in [6.07, 6.45) is 0.574. The van der Waals surface area contributed by atoms with Crippen molar-refractivity contribution in [3.8, 4) is 0 Å². The summed E-state index contributed by atoms with van der Waals surface area (Å²) in [7, 11) is 0. The number of hydrogen-bond acceptors (Lipinski definition) is 4. The molecule has 0 radical (unpaired) electrons. The number of hydrogen-bond donors (Lipinski definition) is 1. The third-order valence-electron chi connectivity index (χ3n) is 2.79. The van der Waals surface area contributed by atoms with Crippen LogP contribution in [0.3, 0.4) is 0 Å². The molecule has 1 amide bonds. The van der Waals surface area contributed by atoms with Gasteiger partial charge in [0.2, 0.25) is 5.91 Å². The van der Waals surface area contributed by atoms with E-state index in [1.54, 1.807) is 11.3 Å². The molecule has 0 saturated carbocycles. The van der Waals surface area contributed by atoms with Crippen LogP contribution >= 0.6 is 11.3 Å². The fourth-order valence-corrected chi connectivity index (χ4v) is 2.46. The highest BCUT2D eigenvalue weighted by Gasteiger charge is 2.15. The summed E-state index contributed by atoms with van der Waals surface area (Å²) in [5.74, 6) is 0.228. The Morgan fingerprint density at radius 3 is 3.00 bits per heavy atom. The number of nitrogens with zero attached hydrogens (tertiary/aromatic N) is 1. The lowest BCUT2D eigenvalue weighted by Gasteiger charge is -2.26. The number of ether oxygens (including phenoxy) is 1. The number of morpholine rings is 1. The molecule has 1 aromatic rings. The van der Waals surface area contributed by atoms with Crippen molar-refractivity contribution < 1.29 is 9.53 Å². The second kappa shape index (κ2) is 6.74. The molecule has 0 aliphatic carbocycles. The second-order valence-corrected chi connectivity index (χ2v) is 4.83. The molecule has 0 aromatic carbocycles. The monoisotopic (exact) mass is 254 g/mol. The molecular weight excluding hydrogens is 236 g/mol. The minimum absolute atomic E-state index is 0.228. The molecule has 0 atom stereocenters. The van der Waals surface area contributed by atoms with Crippen molar-refractivity contribution in [3.63, 3.8) is 0 Å². The Kier molecular flexibility index (Phi) is 4.97. The van der Waals surface area contributed by atoms with Crippen LogP contribution in [0.1, 0.15) is 12.0 Å². The van der Waals surface area contributed by atoms with E-state index in [0.717, 1.165) is 26.2 Å². The lowest BCUT2D eigenvalue weighted by Crippen LogP contribution is -2.41. The zero-order chi connectivity index (χ0) is 11.9. The molecular formula is C12H18N2O2S. The van der Waals surface area contributed by atoms with Crippen molar-refractivity contribution >= 4 is 17.2 Å². The predicted molar refractivity (Wildman–Crippen MR) is 68.0 cm³/mol. The molecule has 1 fully saturated rings. The van der Waals surface area contributed by atoms with Crippen LogP contribution in [0.2, 0.25) is 0 Å². The van der Waals surface area contributed by atoms with Gasteiger partial charge in [0, 0.05) is 32.6 Å². The summed E-state index contributed by atoms with van der Waals surface area (Å²) in [5, 5.41) is 7.47. The number of nitrogens with one attached hydrogen (secondary N) is 1. The third kappa shape index (κ3) is 4.11. The van der Waals surface area contributed by atoms with Crippen LogP contribution in [0.5, 0.6) is 0 Å². The Morgan fingerprint density at radius 1 is 1.47 bits per heavy atom. The maximum atomic E-state index is 11.8. The number of carbonyl (C=O) groups is 1. The molecule has 1 aliphatic heterocycles. The lowest BCUT2D eigenvalue weighted by atomic mass is 10.3. The van der Waals surface area contributed by atoms with E-state index >= 15 is 0 Å². The minimum Gasteiger partial charge on any atom is -0.378 e. The quantitative estimate of drug-likeness (QED) is 0.800. The van der Waals surface area contributed by atoms with Crippen molar-refractivity contribution in [3.05, 3.63) is 22.4 Å². The molecule has 4 nitrogen and oxygen atoms in total. The van der Waals surface area contributed by atoms with Gasteiger partial charge in [-0.05, 0) is 22.4 Å². The van der Waals surface area contributed by atoms with E-state index in [4.69, 9.17) is 4.74 Å². The molecule has 0 bridgehead atoms. The van der Waals surface area contributed by atoms with E-state index < -0.39 is 0 Å². The fraction of sp³-hybridized carbons (Fsp3) is 0.583. The zero-order valence-electron chi connectivity index (χ0n) is 9.85. The molecule has 0 unspecified atom stereocenters. The smallest absolute Gasteiger partial charge is 0.224 e. The van der Waals surface area contributed by atoms with Crippen LogP contribution in [-0.4, -0.2) is 43.7 Å². The standard InChI is InChI=1S/C12H18N2O2S/c15-12(14-4-6-16-7-5-14)1-3-13-9-11-2-8-17-10-11/h2,8,10,13H,1,3-7,9H2. The van der Waals surface area contributed by atoms with Gasteiger partial charge in [-0.3, -0.25) is 4.79 Å². The average molecular weight is 254 g/mol. The van der Waals surface area contributed by atoms with Crippen molar-refractivity contribution in [1.29, 1.82) is 0 Å². The highest BCUT2D eigenvalue weighted by atomic mass is 32.1. The van der Waals surface area contributed by atoms with Gasteiger partial charge >= 0.3 is 0 Å². The van der Waals surface area contributed by atoms with Crippen LogP contribution in [0.25, 0.3) is 0 Å². The Bertz CT molecular complexity index is 334. The van der Waals surface area contributed by atoms with Gasteiger partial charge in [-0.1, -0.05) is 0 Å². The molecule has 1 aromatic heterocycles. The molecule has 1 saturated heterocycles. The first-order valence-corrected chi connectivity index (χ1v) is 6.88. The molecule has 1 aliphatic rings. The van der Waals surface area contributed by atoms with E-state index in [9.17, 15) is 4.79 Å². The fourth-order valence-electron chi connectivity index (χ4n) is 1.79. The van der Waals surface area contributed by atoms with Crippen LogP contribution in [0.4, 0.5) is 0 Å². The number of rotatable bonds is 5. The van der Waals surface area contributed by atoms with Gasteiger partial charge in [-0.25, -0.2) is 0 Å². The molecule has 0 spiro atoms. The maximum absolute atomic E-state index is 11.8. The summed E-state index contributed by atoms with van der Waals surface area (Å²) in [5.41, 5.74) is 1.29. The topological polar surface area (TPSA) is 41.6 Å². The van der Waals surface area contributed by atoms with Crippen LogP contribution < -0.4 is 5.32 Å². The normalized spacial score (nSPS) is 16.1. The van der Waals surface area contributed by atoms with E-state index in [1.807, 2.05) is 4.90 Å². The van der Waals surface area contributed by atoms with Gasteiger partial charge in [-0.2, -0.15) is 11.3 Å². The largest absolute Gasteiger partial charge is 0.378 e. The molecule has 5 heteroatoms. The highest BCUT2D eigenvalue weighted by Crippen LogP contribution is 2.05. The summed E-state index contributed by atoms with van der Waals surface area (Å²) in [6.45, 7) is 4.42. The van der Waals surface area contributed by atoms with Crippen molar-refractivity contribution in [2.45, 2.75) is 13.0 Å². The van der Waals surface area contributed by atoms with Gasteiger partial charge in [0.25, 0.3) is 0 Å². The molecule has 2 heterocycles. The first-order chi connectivity index (χ1) is 8.36. The van der Waals surface area contributed by atoms with E-state index in [0.29, 0.717) is 19.6 Å². The van der Waals surface area contributed by atoms with Gasteiger partial charge in [-0.15, -0.1) is 0 Å². The highest BCUT2D eigenvalue weighted by molar-refractivity contribution is 7.07. The van der Waals surface area contributed by atoms with E-state index in [-0.39, 0.29) is 5.91 Å². The Labute approximate surface area is 106 Å². The summed E-state index contributed by atoms with van der Waals surface area (Å²) >= 11 is 1.70. The predicted octanol–water partition coefficient (Wildman–Crippen LogP) is 1.09. The van der Waals surface area contributed by atoms with Crippen LogP contribution in [0.15, 0.2) is 16.8 Å². The maximum Gasteiger partial charge on any atom is 0.224 e. The number of amides is 1. The molecule has 94 valence electrons. The Morgan fingerprint density at radius 2 is 2.29 bits per heavy atom. The summed E-state index contributed by atoms with van der Waals surface area (Å²) < 4.78 is 5.22.